The van der Waals surface area contributed by atoms with Crippen LogP contribution >= 0.6 is 24.8 Å². The lowest BCUT2D eigenvalue weighted by Crippen LogP contribution is -2.45. The highest BCUT2D eigenvalue weighted by molar-refractivity contribution is 5.85. The van der Waals surface area contributed by atoms with Crippen LogP contribution in [-0.2, 0) is 0 Å². The molecule has 1 atom stereocenters. The second-order valence-electron chi connectivity index (χ2n) is 5.21. The Hall–Kier alpha value is -1.15. The number of nitro groups is 1. The first-order valence-electron chi connectivity index (χ1n) is 7.16. The monoisotopic (exact) mass is 369 g/mol. The predicted molar refractivity (Wildman–Crippen MR) is 91.3 cm³/mol. The van der Waals surface area contributed by atoms with Crippen LogP contribution in [-0.4, -0.2) is 41.1 Å². The molecule has 1 aliphatic heterocycles. The quantitative estimate of drug-likeness (QED) is 0.615. The molecule has 0 radical (unpaired) electrons. The second kappa shape index (κ2) is 9.87. The van der Waals surface area contributed by atoms with Gasteiger partial charge in [-0.1, -0.05) is 13.3 Å². The molecule has 2 N–H and O–H groups in total. The van der Waals surface area contributed by atoms with E-state index in [1.54, 1.807) is 0 Å². The fourth-order valence-corrected chi connectivity index (χ4v) is 2.80. The number of phenols is 1. The summed E-state index contributed by atoms with van der Waals surface area (Å²) in [5.41, 5.74) is -0.258. The Morgan fingerprint density at radius 2 is 2.00 bits per heavy atom. The van der Waals surface area contributed by atoms with Crippen LogP contribution in [0.15, 0.2) is 12.1 Å². The number of hydrogen-bond donors (Lipinski definition) is 2. The zero-order chi connectivity index (χ0) is 15.4. The number of rotatable bonds is 5. The van der Waals surface area contributed by atoms with Crippen molar-refractivity contribution in [2.45, 2.75) is 25.8 Å². The van der Waals surface area contributed by atoms with Gasteiger partial charge in [-0.3, -0.25) is 15.0 Å². The van der Waals surface area contributed by atoms with Gasteiger partial charge in [0.25, 0.3) is 0 Å². The van der Waals surface area contributed by atoms with Crippen molar-refractivity contribution >= 4 is 30.5 Å². The van der Waals surface area contributed by atoms with Gasteiger partial charge in [-0.15, -0.1) is 24.8 Å². The van der Waals surface area contributed by atoms with E-state index < -0.39 is 22.2 Å². The zero-order valence-corrected chi connectivity index (χ0v) is 14.5. The Labute approximate surface area is 147 Å². The van der Waals surface area contributed by atoms with E-state index in [9.17, 15) is 19.6 Å². The summed E-state index contributed by atoms with van der Waals surface area (Å²) in [5.74, 6) is -1.11. The molecule has 2 rings (SSSR count). The maximum absolute atomic E-state index is 13.7. The molecule has 9 heteroatoms. The molecule has 0 amide bonds. The molecule has 0 saturated carbocycles. The first kappa shape index (κ1) is 21.9. The number of halogens is 3. The van der Waals surface area contributed by atoms with Crippen LogP contribution in [0.2, 0.25) is 0 Å². The number of nitro benzene ring substituents is 1. The van der Waals surface area contributed by atoms with Crippen molar-refractivity contribution in [3.8, 4) is 5.75 Å². The van der Waals surface area contributed by atoms with Gasteiger partial charge < -0.3 is 10.4 Å². The second-order valence-corrected chi connectivity index (χ2v) is 5.21. The third-order valence-electron chi connectivity index (χ3n) is 3.79. The van der Waals surface area contributed by atoms with Crippen LogP contribution in [0.25, 0.3) is 0 Å². The molecule has 1 fully saturated rings. The highest BCUT2D eigenvalue weighted by Gasteiger charge is 2.28. The number of hydrogen-bond acceptors (Lipinski definition) is 5. The summed E-state index contributed by atoms with van der Waals surface area (Å²) in [6, 6.07) is 1.77. The Balaban J connectivity index is 0.00000242. The van der Waals surface area contributed by atoms with Gasteiger partial charge in [-0.25, -0.2) is 4.39 Å². The number of nitrogens with zero attached hydrogens (tertiary/aromatic N) is 2. The standard InChI is InChI=1S/C14H20FN3O3.2ClH/c1-2-3-12(17-6-4-16-5-7-17)11-8-10(15)9-13(14(11)19)18(20)21;;/h8-9,12,16,19H,2-7H2,1H3;2*1H/t12-;;/m0../s1. The van der Waals surface area contributed by atoms with E-state index in [4.69, 9.17) is 0 Å². The van der Waals surface area contributed by atoms with Crippen LogP contribution in [0.3, 0.4) is 0 Å². The van der Waals surface area contributed by atoms with Crippen molar-refractivity contribution in [2.75, 3.05) is 26.2 Å². The van der Waals surface area contributed by atoms with Crippen molar-refractivity contribution < 1.29 is 14.4 Å². The van der Waals surface area contributed by atoms with Crippen molar-refractivity contribution in [3.05, 3.63) is 33.6 Å². The Morgan fingerprint density at radius 1 is 1.39 bits per heavy atom. The van der Waals surface area contributed by atoms with Crippen molar-refractivity contribution in [3.63, 3.8) is 0 Å². The van der Waals surface area contributed by atoms with Crippen LogP contribution in [0.1, 0.15) is 31.4 Å². The average molecular weight is 370 g/mol. The summed E-state index contributed by atoms with van der Waals surface area (Å²) in [6.45, 7) is 5.18. The SMILES string of the molecule is CCC[C@@H](c1cc(F)cc([N+](=O)[O-])c1O)N1CCNCC1.Cl.Cl. The van der Waals surface area contributed by atoms with E-state index >= 15 is 0 Å². The fraction of sp³-hybridized carbons (Fsp3) is 0.571. The molecule has 1 saturated heterocycles. The summed E-state index contributed by atoms with van der Waals surface area (Å²) in [4.78, 5) is 12.3. The fourth-order valence-electron chi connectivity index (χ4n) is 2.80. The maximum atomic E-state index is 13.7. The lowest BCUT2D eigenvalue weighted by atomic mass is 9.98. The van der Waals surface area contributed by atoms with Crippen molar-refractivity contribution in [1.82, 2.24) is 10.2 Å². The lowest BCUT2D eigenvalue weighted by molar-refractivity contribution is -0.386. The van der Waals surface area contributed by atoms with Crippen LogP contribution < -0.4 is 5.32 Å². The number of benzene rings is 1. The minimum absolute atomic E-state index is 0. The molecule has 6 nitrogen and oxygen atoms in total. The Bertz CT molecular complexity index is 528. The van der Waals surface area contributed by atoms with Crippen LogP contribution in [0.4, 0.5) is 10.1 Å². The van der Waals surface area contributed by atoms with Crippen molar-refractivity contribution in [1.29, 1.82) is 0 Å². The first-order valence-corrected chi connectivity index (χ1v) is 7.16. The molecule has 0 spiro atoms. The molecule has 23 heavy (non-hydrogen) atoms. The van der Waals surface area contributed by atoms with E-state index in [0.29, 0.717) is 12.0 Å². The molecule has 1 aliphatic rings. The molecule has 0 bridgehead atoms. The minimum atomic E-state index is -0.747. The molecule has 0 aliphatic carbocycles. The van der Waals surface area contributed by atoms with E-state index in [1.807, 2.05) is 6.92 Å². The van der Waals surface area contributed by atoms with E-state index in [-0.39, 0.29) is 30.9 Å². The Kier molecular flexibility index (Phi) is 9.38. The summed E-state index contributed by atoms with van der Waals surface area (Å²) in [5, 5.41) is 24.3. The number of piperazine rings is 1. The third kappa shape index (κ3) is 5.17. The van der Waals surface area contributed by atoms with Crippen molar-refractivity contribution in [2.24, 2.45) is 0 Å². The van der Waals surface area contributed by atoms with Gasteiger partial charge in [0.1, 0.15) is 5.82 Å². The molecular weight excluding hydrogens is 348 g/mol. The molecule has 0 aromatic heterocycles. The maximum Gasteiger partial charge on any atom is 0.313 e. The molecular formula is C14H22Cl2FN3O3. The summed E-state index contributed by atoms with van der Waals surface area (Å²) in [7, 11) is 0. The molecule has 1 aromatic carbocycles. The van der Waals surface area contributed by atoms with Gasteiger partial charge in [-0.2, -0.15) is 0 Å². The summed E-state index contributed by atoms with van der Waals surface area (Å²) in [6.07, 6.45) is 1.56. The highest BCUT2D eigenvalue weighted by Crippen LogP contribution is 2.38. The zero-order valence-electron chi connectivity index (χ0n) is 12.8. The number of aromatic hydroxyl groups is 1. The van der Waals surface area contributed by atoms with Gasteiger partial charge in [0.15, 0.2) is 5.75 Å². The largest absolute Gasteiger partial charge is 0.502 e. The lowest BCUT2D eigenvalue weighted by Gasteiger charge is -2.35. The topological polar surface area (TPSA) is 78.6 Å². The van der Waals surface area contributed by atoms with E-state index in [1.165, 1.54) is 6.07 Å². The summed E-state index contributed by atoms with van der Waals surface area (Å²) >= 11 is 0. The molecule has 132 valence electrons. The normalized spacial score (nSPS) is 16.1. The predicted octanol–water partition coefficient (Wildman–Crippen LogP) is 3.03. The first-order chi connectivity index (χ1) is 10.0. The van der Waals surface area contributed by atoms with Gasteiger partial charge in [-0.05, 0) is 12.5 Å². The Morgan fingerprint density at radius 3 is 2.52 bits per heavy atom. The average Bonchev–Trinajstić information content (AvgIpc) is 2.47. The van der Waals surface area contributed by atoms with Gasteiger partial charge in [0, 0.05) is 37.8 Å². The van der Waals surface area contributed by atoms with Gasteiger partial charge in [0.2, 0.25) is 0 Å². The van der Waals surface area contributed by atoms with Crippen LogP contribution in [0.5, 0.6) is 5.75 Å². The highest BCUT2D eigenvalue weighted by atomic mass is 35.5. The van der Waals surface area contributed by atoms with Gasteiger partial charge in [0.05, 0.1) is 11.0 Å². The molecule has 0 unspecified atom stereocenters. The smallest absolute Gasteiger partial charge is 0.313 e. The van der Waals surface area contributed by atoms with Crippen LogP contribution in [0, 0.1) is 15.9 Å². The molecule has 1 aromatic rings. The minimum Gasteiger partial charge on any atom is -0.502 e. The van der Waals surface area contributed by atoms with E-state index in [2.05, 4.69) is 10.2 Å². The summed E-state index contributed by atoms with van der Waals surface area (Å²) < 4.78 is 13.7. The van der Waals surface area contributed by atoms with E-state index in [0.717, 1.165) is 38.7 Å². The number of phenolic OH excluding ortho intramolecular Hbond substituents is 1. The van der Waals surface area contributed by atoms with Gasteiger partial charge >= 0.3 is 5.69 Å². The third-order valence-corrected chi connectivity index (χ3v) is 3.79. The number of nitrogens with one attached hydrogen (secondary N) is 1. The molecule has 1 heterocycles.